The molecule has 3 unspecified atom stereocenters. The summed E-state index contributed by atoms with van der Waals surface area (Å²) in [5.41, 5.74) is 4.59. The summed E-state index contributed by atoms with van der Waals surface area (Å²) in [5.74, 6) is -0.663. The first kappa shape index (κ1) is 21.9. The number of hydrogen-bond acceptors (Lipinski definition) is 5. The van der Waals surface area contributed by atoms with Crippen LogP contribution in [0.1, 0.15) is 63.0 Å². The highest BCUT2D eigenvalue weighted by atomic mass is 16.5. The van der Waals surface area contributed by atoms with Crippen molar-refractivity contribution < 1.29 is 19.4 Å². The van der Waals surface area contributed by atoms with E-state index in [-0.39, 0.29) is 23.6 Å². The Labute approximate surface area is 188 Å². The van der Waals surface area contributed by atoms with Gasteiger partial charge in [0.1, 0.15) is 5.75 Å². The van der Waals surface area contributed by atoms with Crippen molar-refractivity contribution in [3.05, 3.63) is 88.3 Å². The molecule has 1 aliphatic carbocycles. The van der Waals surface area contributed by atoms with Crippen molar-refractivity contribution >= 4 is 11.8 Å². The number of carbonyl (C=O) groups excluding carboxylic acids is 2. The summed E-state index contributed by atoms with van der Waals surface area (Å²) in [5, 5.41) is 13.2. The van der Waals surface area contributed by atoms with Gasteiger partial charge in [0.2, 0.25) is 0 Å². The average Bonchev–Trinajstić information content (AvgIpc) is 2.79. The number of esters is 1. The minimum absolute atomic E-state index is 0.0343. The van der Waals surface area contributed by atoms with E-state index in [9.17, 15) is 14.7 Å². The highest BCUT2D eigenvalue weighted by Gasteiger charge is 2.41. The van der Waals surface area contributed by atoms with Gasteiger partial charge in [0.25, 0.3) is 0 Å². The summed E-state index contributed by atoms with van der Waals surface area (Å²) in [6.45, 7) is 5.69. The van der Waals surface area contributed by atoms with E-state index in [2.05, 4.69) is 17.4 Å². The lowest BCUT2D eigenvalue weighted by Crippen LogP contribution is -2.36. The number of ether oxygens (including phenoxy) is 1. The number of ketones is 1. The molecular weight excluding hydrogens is 402 g/mol. The molecule has 166 valence electrons. The van der Waals surface area contributed by atoms with Crippen LogP contribution in [0.15, 0.2) is 77.1 Å². The number of allylic oxidation sites excluding steroid dienone is 3. The fourth-order valence-corrected chi connectivity index (χ4v) is 4.60. The van der Waals surface area contributed by atoms with Crippen LogP contribution >= 0.6 is 0 Å². The van der Waals surface area contributed by atoms with Crippen LogP contribution in [0.4, 0.5) is 0 Å². The van der Waals surface area contributed by atoms with E-state index >= 15 is 0 Å². The van der Waals surface area contributed by atoms with Gasteiger partial charge in [0.15, 0.2) is 5.78 Å². The first-order chi connectivity index (χ1) is 15.4. The maximum atomic E-state index is 13.5. The molecule has 5 heteroatoms. The van der Waals surface area contributed by atoms with Gasteiger partial charge >= 0.3 is 5.97 Å². The lowest BCUT2D eigenvalue weighted by Gasteiger charge is -2.37. The van der Waals surface area contributed by atoms with Gasteiger partial charge in [0, 0.05) is 29.3 Å². The number of dihydropyridines is 1. The van der Waals surface area contributed by atoms with E-state index < -0.39 is 11.9 Å². The Balaban J connectivity index is 1.78. The molecule has 2 aliphatic rings. The van der Waals surface area contributed by atoms with E-state index in [0.29, 0.717) is 36.1 Å². The van der Waals surface area contributed by atoms with Gasteiger partial charge in [-0.25, -0.2) is 4.79 Å². The van der Waals surface area contributed by atoms with Crippen LogP contribution in [0.25, 0.3) is 0 Å². The maximum Gasteiger partial charge on any atom is 0.337 e. The molecule has 2 aromatic rings. The molecule has 32 heavy (non-hydrogen) atoms. The van der Waals surface area contributed by atoms with E-state index in [1.54, 1.807) is 24.3 Å². The minimum atomic E-state index is -0.521. The molecule has 1 heterocycles. The van der Waals surface area contributed by atoms with Crippen LogP contribution in [0.5, 0.6) is 5.75 Å². The summed E-state index contributed by atoms with van der Waals surface area (Å²) in [4.78, 5) is 26.7. The van der Waals surface area contributed by atoms with Gasteiger partial charge in [-0.1, -0.05) is 49.4 Å². The monoisotopic (exact) mass is 431 g/mol. The number of aromatic hydroxyl groups is 1. The van der Waals surface area contributed by atoms with Crippen LogP contribution < -0.4 is 5.32 Å². The van der Waals surface area contributed by atoms with Gasteiger partial charge in [-0.3, -0.25) is 4.79 Å². The number of nitrogens with one attached hydrogen (secondary N) is 1. The van der Waals surface area contributed by atoms with Gasteiger partial charge in [0.05, 0.1) is 11.7 Å². The molecule has 2 aromatic carbocycles. The summed E-state index contributed by atoms with van der Waals surface area (Å²) in [6.07, 6.45) is 1.58. The Bertz CT molecular complexity index is 1080. The first-order valence-electron chi connectivity index (χ1n) is 11.2. The van der Waals surface area contributed by atoms with Crippen molar-refractivity contribution in [3.8, 4) is 5.75 Å². The number of phenols is 1. The first-order valence-corrected chi connectivity index (χ1v) is 11.2. The maximum absolute atomic E-state index is 13.5. The molecule has 4 rings (SSSR count). The summed E-state index contributed by atoms with van der Waals surface area (Å²) >= 11 is 0. The Kier molecular flexibility index (Phi) is 6.17. The Morgan fingerprint density at radius 1 is 1.09 bits per heavy atom. The lowest BCUT2D eigenvalue weighted by atomic mass is 9.71. The molecule has 0 saturated carbocycles. The second kappa shape index (κ2) is 9.03. The molecule has 0 spiro atoms. The molecule has 0 radical (unpaired) electrons. The Hall–Kier alpha value is -3.34. The normalized spacial score (nSPS) is 21.7. The van der Waals surface area contributed by atoms with Crippen LogP contribution in [0, 0.1) is 0 Å². The molecule has 0 aromatic heterocycles. The molecule has 0 amide bonds. The standard InChI is InChI=1S/C27H29NO4/c1-4-16(2)32-27(31)24-17(3)28-22-14-20(18-8-6-5-7-9-18)15-23(30)26(22)25(24)19-10-12-21(29)13-11-19/h5-13,16,20,25,28-29H,4,14-15H2,1-3H3. The SMILES string of the molecule is CCC(C)OC(=O)C1=C(C)NC2=C(C(=O)CC(c3ccccc3)C2)C1c1ccc(O)cc1. The number of Topliss-reactive ketones (excluding diaryl/α,β-unsaturated/α-hetero) is 1. The molecule has 2 N–H and O–H groups in total. The molecule has 0 bridgehead atoms. The van der Waals surface area contributed by atoms with Crippen LogP contribution in [0.3, 0.4) is 0 Å². The minimum Gasteiger partial charge on any atom is -0.508 e. The molecular formula is C27H29NO4. The molecule has 1 aliphatic heterocycles. The fraction of sp³-hybridized carbons (Fsp3) is 0.333. The van der Waals surface area contributed by atoms with Crippen molar-refractivity contribution in [2.24, 2.45) is 0 Å². The zero-order chi connectivity index (χ0) is 22.8. The zero-order valence-electron chi connectivity index (χ0n) is 18.7. The van der Waals surface area contributed by atoms with E-state index in [1.165, 1.54) is 0 Å². The molecule has 0 fully saturated rings. The van der Waals surface area contributed by atoms with Gasteiger partial charge in [-0.2, -0.15) is 0 Å². The van der Waals surface area contributed by atoms with Gasteiger partial charge in [-0.15, -0.1) is 0 Å². The van der Waals surface area contributed by atoms with Crippen molar-refractivity contribution in [2.45, 2.75) is 58.0 Å². The second-order valence-electron chi connectivity index (χ2n) is 8.64. The Morgan fingerprint density at radius 3 is 2.44 bits per heavy atom. The number of benzene rings is 2. The van der Waals surface area contributed by atoms with Crippen molar-refractivity contribution in [1.29, 1.82) is 0 Å². The highest BCUT2D eigenvalue weighted by molar-refractivity contribution is 6.04. The zero-order valence-corrected chi connectivity index (χ0v) is 18.7. The lowest BCUT2D eigenvalue weighted by molar-refractivity contribution is -0.144. The quantitative estimate of drug-likeness (QED) is 0.645. The van der Waals surface area contributed by atoms with Crippen molar-refractivity contribution in [2.75, 3.05) is 0 Å². The number of carbonyl (C=O) groups is 2. The number of hydrogen-bond donors (Lipinski definition) is 2. The topological polar surface area (TPSA) is 75.6 Å². The van der Waals surface area contributed by atoms with Gasteiger partial charge in [-0.05, 0) is 55.9 Å². The molecule has 0 saturated heterocycles. The summed E-state index contributed by atoms with van der Waals surface area (Å²) in [7, 11) is 0. The molecule has 5 nitrogen and oxygen atoms in total. The third kappa shape index (κ3) is 4.20. The summed E-state index contributed by atoms with van der Waals surface area (Å²) < 4.78 is 5.67. The van der Waals surface area contributed by atoms with Gasteiger partial charge < -0.3 is 15.2 Å². The number of rotatable bonds is 5. The smallest absolute Gasteiger partial charge is 0.337 e. The Morgan fingerprint density at radius 2 is 1.78 bits per heavy atom. The summed E-state index contributed by atoms with van der Waals surface area (Å²) in [6, 6.07) is 16.8. The fourth-order valence-electron chi connectivity index (χ4n) is 4.60. The van der Waals surface area contributed by atoms with E-state index in [1.807, 2.05) is 39.0 Å². The highest BCUT2D eigenvalue weighted by Crippen LogP contribution is 2.45. The number of phenolic OH excluding ortho intramolecular Hbond substituents is 1. The van der Waals surface area contributed by atoms with E-state index in [0.717, 1.165) is 16.8 Å². The molecule has 3 atom stereocenters. The predicted octanol–water partition coefficient (Wildman–Crippen LogP) is 5.10. The largest absolute Gasteiger partial charge is 0.508 e. The third-order valence-corrected chi connectivity index (χ3v) is 6.43. The van der Waals surface area contributed by atoms with Crippen molar-refractivity contribution in [1.82, 2.24) is 5.32 Å². The third-order valence-electron chi connectivity index (χ3n) is 6.43. The predicted molar refractivity (Wildman–Crippen MR) is 123 cm³/mol. The average molecular weight is 432 g/mol. The second-order valence-corrected chi connectivity index (χ2v) is 8.64. The van der Waals surface area contributed by atoms with Crippen molar-refractivity contribution in [3.63, 3.8) is 0 Å². The van der Waals surface area contributed by atoms with Crippen LogP contribution in [-0.4, -0.2) is 23.0 Å². The van der Waals surface area contributed by atoms with Crippen LogP contribution in [0.2, 0.25) is 0 Å². The van der Waals surface area contributed by atoms with E-state index in [4.69, 9.17) is 4.74 Å². The van der Waals surface area contributed by atoms with Crippen LogP contribution in [-0.2, 0) is 14.3 Å².